The average molecular weight is 391 g/mol. The van der Waals surface area contributed by atoms with Gasteiger partial charge in [0.15, 0.2) is 11.5 Å². The van der Waals surface area contributed by atoms with Crippen molar-refractivity contribution < 1.29 is 18.7 Å². The molecule has 2 aromatic rings. The summed E-state index contributed by atoms with van der Waals surface area (Å²) in [6, 6.07) is 9.29. The molecule has 0 radical (unpaired) electrons. The Morgan fingerprint density at radius 1 is 1.22 bits per heavy atom. The Kier molecular flexibility index (Phi) is 6.92. The molecule has 1 aromatic carbocycles. The normalized spacial score (nSPS) is 14.8. The zero-order valence-corrected chi connectivity index (χ0v) is 16.6. The second-order valence-corrected chi connectivity index (χ2v) is 7.53. The van der Waals surface area contributed by atoms with E-state index in [0.29, 0.717) is 23.1 Å². The molecule has 1 aliphatic heterocycles. The van der Waals surface area contributed by atoms with Crippen molar-refractivity contribution in [2.75, 3.05) is 38.4 Å². The summed E-state index contributed by atoms with van der Waals surface area (Å²) in [5.41, 5.74) is 0.623. The van der Waals surface area contributed by atoms with E-state index in [-0.39, 0.29) is 6.03 Å². The Morgan fingerprint density at radius 3 is 2.70 bits per heavy atom. The smallest absolute Gasteiger partial charge is 0.321 e. The van der Waals surface area contributed by atoms with Gasteiger partial charge in [0.1, 0.15) is 5.76 Å². The number of furan rings is 1. The monoisotopic (exact) mass is 390 g/mol. The fraction of sp³-hybridized carbons (Fsp3) is 0.450. The van der Waals surface area contributed by atoms with Gasteiger partial charge in [0.25, 0.3) is 0 Å². The molecular weight excluding hydrogens is 364 g/mol. The molecular formula is C20H26N2O4S. The topological polar surface area (TPSA) is 63.9 Å². The Morgan fingerprint density at radius 2 is 2.04 bits per heavy atom. The zero-order valence-electron chi connectivity index (χ0n) is 15.8. The van der Waals surface area contributed by atoms with Crippen molar-refractivity contribution in [1.29, 1.82) is 0 Å². The van der Waals surface area contributed by atoms with Gasteiger partial charge in [-0.3, -0.25) is 0 Å². The minimum atomic E-state index is -0.0942. The lowest BCUT2D eigenvalue weighted by molar-refractivity contribution is 0.187. The van der Waals surface area contributed by atoms with Crippen molar-refractivity contribution in [3.63, 3.8) is 0 Å². The van der Waals surface area contributed by atoms with Crippen molar-refractivity contribution in [3.05, 3.63) is 42.4 Å². The van der Waals surface area contributed by atoms with Gasteiger partial charge < -0.3 is 24.1 Å². The first kappa shape index (κ1) is 19.5. The van der Waals surface area contributed by atoms with Crippen molar-refractivity contribution in [2.24, 2.45) is 5.92 Å². The molecule has 1 N–H and O–H groups in total. The highest BCUT2D eigenvalue weighted by Gasteiger charge is 2.24. The number of benzene rings is 1. The summed E-state index contributed by atoms with van der Waals surface area (Å²) < 4.78 is 16.0. The first-order valence-corrected chi connectivity index (χ1v) is 10.2. The van der Waals surface area contributed by atoms with Gasteiger partial charge in [-0.05, 0) is 48.8 Å². The summed E-state index contributed by atoms with van der Waals surface area (Å²) in [4.78, 5) is 14.5. The fourth-order valence-corrected chi connectivity index (χ4v) is 4.35. The van der Waals surface area contributed by atoms with Crippen LogP contribution in [-0.2, 0) is 5.75 Å². The van der Waals surface area contributed by atoms with Gasteiger partial charge in [0.2, 0.25) is 0 Å². The second-order valence-electron chi connectivity index (χ2n) is 6.50. The highest BCUT2D eigenvalue weighted by molar-refractivity contribution is 7.98. The van der Waals surface area contributed by atoms with Gasteiger partial charge in [-0.25, -0.2) is 4.79 Å². The number of rotatable bonds is 7. The molecule has 0 unspecified atom stereocenters. The minimum Gasteiger partial charge on any atom is -0.493 e. The highest BCUT2D eigenvalue weighted by Crippen LogP contribution is 2.35. The largest absolute Gasteiger partial charge is 0.493 e. The molecule has 2 heterocycles. The lowest BCUT2D eigenvalue weighted by Gasteiger charge is -2.32. The number of hydrogen-bond donors (Lipinski definition) is 1. The number of para-hydroxylation sites is 1. The predicted molar refractivity (Wildman–Crippen MR) is 108 cm³/mol. The molecule has 7 heteroatoms. The summed E-state index contributed by atoms with van der Waals surface area (Å²) in [6.45, 7) is 1.54. The SMILES string of the molecule is COc1cccc(NC(=O)N2CCC(CSCc3ccco3)CC2)c1OC. The molecule has 1 saturated heterocycles. The van der Waals surface area contributed by atoms with Gasteiger partial charge >= 0.3 is 6.03 Å². The Hall–Kier alpha value is -2.28. The van der Waals surface area contributed by atoms with Crippen molar-refractivity contribution in [1.82, 2.24) is 4.90 Å². The maximum Gasteiger partial charge on any atom is 0.321 e. The Balaban J connectivity index is 1.46. The summed E-state index contributed by atoms with van der Waals surface area (Å²) in [5.74, 6) is 4.80. The molecule has 0 atom stereocenters. The summed E-state index contributed by atoms with van der Waals surface area (Å²) >= 11 is 1.90. The van der Waals surface area contributed by atoms with Gasteiger partial charge in [0.05, 0.1) is 31.9 Å². The van der Waals surface area contributed by atoms with E-state index in [9.17, 15) is 4.79 Å². The van der Waals surface area contributed by atoms with Crippen LogP contribution in [0, 0.1) is 5.92 Å². The van der Waals surface area contributed by atoms with E-state index in [2.05, 4.69) is 5.32 Å². The van der Waals surface area contributed by atoms with E-state index in [4.69, 9.17) is 13.9 Å². The molecule has 0 spiro atoms. The van der Waals surface area contributed by atoms with E-state index in [0.717, 1.165) is 43.2 Å². The van der Waals surface area contributed by atoms with E-state index < -0.39 is 0 Å². The molecule has 146 valence electrons. The fourth-order valence-electron chi connectivity index (χ4n) is 3.20. The number of piperidine rings is 1. The van der Waals surface area contributed by atoms with Crippen molar-refractivity contribution in [2.45, 2.75) is 18.6 Å². The van der Waals surface area contributed by atoms with Crippen LogP contribution in [0.5, 0.6) is 11.5 Å². The molecule has 0 saturated carbocycles. The van der Waals surface area contributed by atoms with Crippen LogP contribution in [0.3, 0.4) is 0 Å². The van der Waals surface area contributed by atoms with Gasteiger partial charge in [0, 0.05) is 13.1 Å². The number of carbonyl (C=O) groups excluding carboxylic acids is 1. The van der Waals surface area contributed by atoms with E-state index in [1.54, 1.807) is 26.5 Å². The van der Waals surface area contributed by atoms with Crippen LogP contribution in [-0.4, -0.2) is 44.0 Å². The van der Waals surface area contributed by atoms with Gasteiger partial charge in [-0.1, -0.05) is 6.07 Å². The molecule has 0 bridgehead atoms. The zero-order chi connectivity index (χ0) is 19.1. The second kappa shape index (κ2) is 9.60. The molecule has 0 aliphatic carbocycles. The number of thioether (sulfide) groups is 1. The first-order chi connectivity index (χ1) is 13.2. The Bertz CT molecular complexity index is 728. The molecule has 1 aromatic heterocycles. The summed E-state index contributed by atoms with van der Waals surface area (Å²) in [6.07, 6.45) is 3.76. The minimum absolute atomic E-state index is 0.0942. The van der Waals surface area contributed by atoms with E-state index >= 15 is 0 Å². The third-order valence-electron chi connectivity index (χ3n) is 4.72. The third-order valence-corrected chi connectivity index (χ3v) is 5.92. The predicted octanol–water partition coefficient (Wildman–Crippen LogP) is 4.47. The molecule has 1 fully saturated rings. The summed E-state index contributed by atoms with van der Waals surface area (Å²) in [5, 5.41) is 2.95. The van der Waals surface area contributed by atoms with Crippen molar-refractivity contribution in [3.8, 4) is 11.5 Å². The molecule has 27 heavy (non-hydrogen) atoms. The number of carbonyl (C=O) groups is 1. The standard InChI is InChI=1S/C20H26N2O4S/c1-24-18-7-3-6-17(19(18)25-2)21-20(23)22-10-8-15(9-11-22)13-27-14-16-5-4-12-26-16/h3-7,12,15H,8-11,13-14H2,1-2H3,(H,21,23). The van der Waals surface area contributed by atoms with Gasteiger partial charge in [-0.2, -0.15) is 11.8 Å². The maximum absolute atomic E-state index is 12.6. The lowest BCUT2D eigenvalue weighted by atomic mass is 9.99. The quantitative estimate of drug-likeness (QED) is 0.755. The van der Waals surface area contributed by atoms with Crippen LogP contribution in [0.1, 0.15) is 18.6 Å². The molecule has 6 nitrogen and oxygen atoms in total. The maximum atomic E-state index is 12.6. The van der Waals surface area contributed by atoms with Crippen LogP contribution in [0.15, 0.2) is 41.0 Å². The lowest BCUT2D eigenvalue weighted by Crippen LogP contribution is -2.41. The molecule has 2 amide bonds. The molecule has 1 aliphatic rings. The summed E-state index contributed by atoms with van der Waals surface area (Å²) in [7, 11) is 3.15. The molecule has 3 rings (SSSR count). The third kappa shape index (κ3) is 5.13. The number of likely N-dealkylation sites (tertiary alicyclic amines) is 1. The van der Waals surface area contributed by atoms with Crippen LogP contribution < -0.4 is 14.8 Å². The Labute approximate surface area is 164 Å². The number of methoxy groups -OCH3 is 2. The van der Waals surface area contributed by atoms with Crippen LogP contribution >= 0.6 is 11.8 Å². The van der Waals surface area contributed by atoms with E-state index in [1.165, 1.54) is 0 Å². The van der Waals surface area contributed by atoms with Crippen LogP contribution in [0.25, 0.3) is 0 Å². The number of hydrogen-bond acceptors (Lipinski definition) is 5. The number of ether oxygens (including phenoxy) is 2. The van der Waals surface area contributed by atoms with Crippen molar-refractivity contribution >= 4 is 23.5 Å². The number of urea groups is 1. The van der Waals surface area contributed by atoms with Crippen LogP contribution in [0.4, 0.5) is 10.5 Å². The van der Waals surface area contributed by atoms with Gasteiger partial charge in [-0.15, -0.1) is 0 Å². The average Bonchev–Trinajstić information content (AvgIpc) is 3.21. The van der Waals surface area contributed by atoms with Crippen LogP contribution in [0.2, 0.25) is 0 Å². The number of nitrogens with one attached hydrogen (secondary N) is 1. The first-order valence-electron chi connectivity index (χ1n) is 9.08. The van der Waals surface area contributed by atoms with E-state index in [1.807, 2.05) is 40.9 Å². The number of nitrogens with zero attached hydrogens (tertiary/aromatic N) is 1. The number of anilines is 1. The highest BCUT2D eigenvalue weighted by atomic mass is 32.2. The number of amides is 2.